The molecule has 4 aromatic carbocycles. The highest BCUT2D eigenvalue weighted by molar-refractivity contribution is 5.61. The molecule has 4 aromatic rings. The van der Waals surface area contributed by atoms with Gasteiger partial charge in [0, 0.05) is 6.54 Å². The first-order chi connectivity index (χ1) is 19.1. The molecule has 1 aliphatic rings. The van der Waals surface area contributed by atoms with E-state index in [1.807, 2.05) is 42.5 Å². The predicted molar refractivity (Wildman–Crippen MR) is 156 cm³/mol. The Morgan fingerprint density at radius 1 is 0.744 bits per heavy atom. The molecule has 1 atom stereocenters. The minimum absolute atomic E-state index is 0.0565. The first-order valence-electron chi connectivity index (χ1n) is 13.3. The Morgan fingerprint density at radius 3 is 1.95 bits per heavy atom. The molecule has 1 heterocycles. The number of rotatable bonds is 10. The van der Waals surface area contributed by atoms with Gasteiger partial charge in [0.1, 0.15) is 13.2 Å². The van der Waals surface area contributed by atoms with Gasteiger partial charge in [0.05, 0.1) is 20.3 Å². The summed E-state index contributed by atoms with van der Waals surface area (Å²) in [7, 11) is 3.36. The second kappa shape index (κ2) is 12.5. The average Bonchev–Trinajstić information content (AvgIpc) is 2.99. The van der Waals surface area contributed by atoms with Gasteiger partial charge in [-0.3, -0.25) is 0 Å². The zero-order valence-corrected chi connectivity index (χ0v) is 22.8. The molecule has 0 aliphatic carbocycles. The molecule has 200 valence electrons. The van der Waals surface area contributed by atoms with Crippen LogP contribution >= 0.6 is 0 Å². The van der Waals surface area contributed by atoms with Crippen LogP contribution in [0, 0.1) is 6.92 Å². The summed E-state index contributed by atoms with van der Waals surface area (Å²) < 4.78 is 23.6. The quantitative estimate of drug-likeness (QED) is 0.242. The molecule has 0 fully saturated rings. The maximum Gasteiger partial charge on any atom is 0.162 e. The molecule has 1 N–H and O–H groups in total. The lowest BCUT2D eigenvalue weighted by Gasteiger charge is -2.26. The number of aryl methyl sites for hydroxylation is 1. The Labute approximate surface area is 231 Å². The Hall–Kier alpha value is -4.22. The summed E-state index contributed by atoms with van der Waals surface area (Å²) in [6.07, 6.45) is 5.30. The first-order valence-corrected chi connectivity index (χ1v) is 13.3. The van der Waals surface area contributed by atoms with E-state index in [1.165, 1.54) is 11.1 Å². The van der Waals surface area contributed by atoms with Crippen molar-refractivity contribution in [3.63, 3.8) is 0 Å². The van der Waals surface area contributed by atoms with Gasteiger partial charge in [0.15, 0.2) is 23.0 Å². The van der Waals surface area contributed by atoms with Gasteiger partial charge in [-0.05, 0) is 71.0 Å². The smallest absolute Gasteiger partial charge is 0.162 e. The molecule has 0 aromatic heterocycles. The number of hydrogen-bond donors (Lipinski definition) is 1. The van der Waals surface area contributed by atoms with E-state index in [4.69, 9.17) is 18.9 Å². The van der Waals surface area contributed by atoms with Crippen LogP contribution in [0.2, 0.25) is 0 Å². The molecule has 39 heavy (non-hydrogen) atoms. The van der Waals surface area contributed by atoms with E-state index in [9.17, 15) is 0 Å². The molecule has 0 amide bonds. The summed E-state index contributed by atoms with van der Waals surface area (Å²) in [5.74, 6) is 2.97. The zero-order valence-electron chi connectivity index (χ0n) is 22.8. The van der Waals surface area contributed by atoms with Gasteiger partial charge >= 0.3 is 0 Å². The normalized spacial score (nSPS) is 14.6. The van der Waals surface area contributed by atoms with Crippen molar-refractivity contribution < 1.29 is 18.9 Å². The van der Waals surface area contributed by atoms with Gasteiger partial charge in [-0.2, -0.15) is 0 Å². The van der Waals surface area contributed by atoms with Gasteiger partial charge in [-0.25, -0.2) is 0 Å². The van der Waals surface area contributed by atoms with Crippen LogP contribution in [0.1, 0.15) is 39.4 Å². The lowest BCUT2D eigenvalue weighted by molar-refractivity contribution is 0.283. The van der Waals surface area contributed by atoms with E-state index in [0.717, 1.165) is 58.2 Å². The summed E-state index contributed by atoms with van der Waals surface area (Å²) in [6.45, 7) is 3.96. The Bertz CT molecular complexity index is 1420. The number of ether oxygens (including phenoxy) is 4. The van der Waals surface area contributed by atoms with Crippen LogP contribution in [0.3, 0.4) is 0 Å². The molecular weight excluding hydrogens is 486 g/mol. The summed E-state index contributed by atoms with van der Waals surface area (Å²) in [4.78, 5) is 0. The van der Waals surface area contributed by atoms with E-state index in [2.05, 4.69) is 66.9 Å². The minimum Gasteiger partial charge on any atom is -0.493 e. The van der Waals surface area contributed by atoms with Crippen LogP contribution in [-0.2, 0) is 19.6 Å². The third kappa shape index (κ3) is 6.44. The minimum atomic E-state index is 0.0565. The Balaban J connectivity index is 1.36. The van der Waals surface area contributed by atoms with Crippen molar-refractivity contribution in [2.45, 2.75) is 32.6 Å². The molecule has 5 heteroatoms. The van der Waals surface area contributed by atoms with Gasteiger partial charge in [-0.1, -0.05) is 72.8 Å². The van der Waals surface area contributed by atoms with Gasteiger partial charge in [0.2, 0.25) is 0 Å². The van der Waals surface area contributed by atoms with E-state index in [-0.39, 0.29) is 6.04 Å². The lowest BCUT2D eigenvalue weighted by Crippen LogP contribution is -2.28. The van der Waals surface area contributed by atoms with E-state index in [1.54, 1.807) is 14.2 Å². The second-order valence-corrected chi connectivity index (χ2v) is 9.65. The van der Waals surface area contributed by atoms with Gasteiger partial charge in [0.25, 0.3) is 0 Å². The van der Waals surface area contributed by atoms with Crippen LogP contribution in [0.15, 0.2) is 91.0 Å². The Kier molecular flexibility index (Phi) is 8.49. The standard InChI is InChI=1S/C34H35NO4/c1-24-18-31(36-2)33(38-22-25-10-6-4-7-11-25)19-27(24)14-15-30-29-21-32(37-3)34(20-28(29)16-17-35-30)39-23-26-12-8-5-9-13-26/h4-15,18-21,30,35H,16-17,22-23H2,1-3H3. The summed E-state index contributed by atoms with van der Waals surface area (Å²) in [6, 6.07) is 28.7. The second-order valence-electron chi connectivity index (χ2n) is 9.65. The van der Waals surface area contributed by atoms with Crippen molar-refractivity contribution in [1.29, 1.82) is 0 Å². The van der Waals surface area contributed by atoms with Crippen molar-refractivity contribution in [2.75, 3.05) is 20.8 Å². The number of benzene rings is 4. The number of nitrogens with one attached hydrogen (secondary N) is 1. The number of methoxy groups -OCH3 is 2. The molecule has 0 saturated heterocycles. The molecule has 0 bridgehead atoms. The maximum atomic E-state index is 6.16. The van der Waals surface area contributed by atoms with E-state index in [0.29, 0.717) is 13.2 Å². The maximum absolute atomic E-state index is 6.16. The molecule has 1 unspecified atom stereocenters. The third-order valence-electron chi connectivity index (χ3n) is 7.01. The van der Waals surface area contributed by atoms with Crippen molar-refractivity contribution >= 4 is 6.08 Å². The molecule has 0 spiro atoms. The van der Waals surface area contributed by atoms with Crippen molar-refractivity contribution in [2.24, 2.45) is 0 Å². The molecule has 5 rings (SSSR count). The van der Waals surface area contributed by atoms with Crippen LogP contribution in [0.5, 0.6) is 23.0 Å². The van der Waals surface area contributed by atoms with Crippen LogP contribution < -0.4 is 24.3 Å². The largest absolute Gasteiger partial charge is 0.493 e. The number of fused-ring (bicyclic) bond motifs is 1. The van der Waals surface area contributed by atoms with Gasteiger partial charge < -0.3 is 24.3 Å². The van der Waals surface area contributed by atoms with E-state index < -0.39 is 0 Å². The van der Waals surface area contributed by atoms with Gasteiger partial charge in [-0.15, -0.1) is 0 Å². The number of hydrogen-bond acceptors (Lipinski definition) is 5. The van der Waals surface area contributed by atoms with Crippen LogP contribution in [0.4, 0.5) is 0 Å². The van der Waals surface area contributed by atoms with Crippen molar-refractivity contribution in [3.05, 3.63) is 124 Å². The first kappa shape index (κ1) is 26.4. The van der Waals surface area contributed by atoms with Crippen molar-refractivity contribution in [3.8, 4) is 23.0 Å². The van der Waals surface area contributed by atoms with Crippen LogP contribution in [0.25, 0.3) is 6.08 Å². The molecule has 0 radical (unpaired) electrons. The molecule has 5 nitrogen and oxygen atoms in total. The SMILES string of the molecule is COc1cc(C)c(C=CC2NCCc3cc(OCc4ccccc4)c(OC)cc32)cc1OCc1ccccc1. The van der Waals surface area contributed by atoms with Crippen molar-refractivity contribution in [1.82, 2.24) is 5.32 Å². The fourth-order valence-corrected chi connectivity index (χ4v) is 4.84. The Morgan fingerprint density at radius 2 is 1.33 bits per heavy atom. The third-order valence-corrected chi connectivity index (χ3v) is 7.01. The van der Waals surface area contributed by atoms with E-state index >= 15 is 0 Å². The zero-order chi connectivity index (χ0) is 27.0. The fraction of sp³-hybridized carbons (Fsp3) is 0.235. The predicted octanol–water partition coefficient (Wildman–Crippen LogP) is 7.07. The summed E-state index contributed by atoms with van der Waals surface area (Å²) >= 11 is 0. The monoisotopic (exact) mass is 521 g/mol. The average molecular weight is 522 g/mol. The highest BCUT2D eigenvalue weighted by atomic mass is 16.5. The molecular formula is C34H35NO4. The summed E-state index contributed by atoms with van der Waals surface area (Å²) in [5, 5.41) is 3.64. The summed E-state index contributed by atoms with van der Waals surface area (Å²) in [5.41, 5.74) is 6.91. The fourth-order valence-electron chi connectivity index (χ4n) is 4.84. The van der Waals surface area contributed by atoms with Crippen LogP contribution in [-0.4, -0.2) is 20.8 Å². The highest BCUT2D eigenvalue weighted by Gasteiger charge is 2.21. The molecule has 1 aliphatic heterocycles. The lowest BCUT2D eigenvalue weighted by atomic mass is 9.92. The highest BCUT2D eigenvalue weighted by Crippen LogP contribution is 2.37. The molecule has 0 saturated carbocycles. The topological polar surface area (TPSA) is 49.0 Å².